The van der Waals surface area contributed by atoms with Gasteiger partial charge in [-0.25, -0.2) is 0 Å². The maximum Gasteiger partial charge on any atom is 0.246 e. The van der Waals surface area contributed by atoms with Crippen molar-refractivity contribution in [1.82, 2.24) is 20.0 Å². The predicted molar refractivity (Wildman–Crippen MR) is 69.2 cm³/mol. The second kappa shape index (κ2) is 4.94. The van der Waals surface area contributed by atoms with Crippen LogP contribution in [0.2, 0.25) is 0 Å². The Bertz CT molecular complexity index is 507. The van der Waals surface area contributed by atoms with Gasteiger partial charge in [-0.15, -0.1) is 0 Å². The van der Waals surface area contributed by atoms with E-state index in [0.717, 1.165) is 6.54 Å². The molecule has 0 radical (unpaired) electrons. The first kappa shape index (κ1) is 12.8. The predicted octanol–water partition coefficient (Wildman–Crippen LogP) is 2.12. The van der Waals surface area contributed by atoms with E-state index in [9.17, 15) is 0 Å². The molecule has 0 aliphatic carbocycles. The van der Waals surface area contributed by atoms with Crippen molar-refractivity contribution in [3.8, 4) is 0 Å². The van der Waals surface area contributed by atoms with Crippen LogP contribution in [0.3, 0.4) is 0 Å². The minimum Gasteiger partial charge on any atom is -0.341 e. The maximum atomic E-state index is 5.14. The average Bonchev–Trinajstić information content (AvgIpc) is 2.85. The van der Waals surface area contributed by atoms with Gasteiger partial charge in [0.15, 0.2) is 5.82 Å². The van der Waals surface area contributed by atoms with Crippen molar-refractivity contribution in [2.24, 2.45) is 0 Å². The van der Waals surface area contributed by atoms with E-state index in [-0.39, 0.29) is 5.54 Å². The molecule has 0 bridgehead atoms. The third-order valence-electron chi connectivity index (χ3n) is 2.60. The Balaban J connectivity index is 2.03. The van der Waals surface area contributed by atoms with Gasteiger partial charge in [0.05, 0.1) is 0 Å². The lowest BCUT2D eigenvalue weighted by molar-refractivity contribution is 0.363. The fourth-order valence-corrected chi connectivity index (χ4v) is 1.67. The van der Waals surface area contributed by atoms with Crippen molar-refractivity contribution in [1.29, 1.82) is 0 Å². The fraction of sp³-hybridized carbons (Fsp3) is 0.538. The summed E-state index contributed by atoms with van der Waals surface area (Å²) in [5, 5.41) is 7.27. The summed E-state index contributed by atoms with van der Waals surface area (Å²) in [4.78, 5) is 4.22. The van der Waals surface area contributed by atoms with Crippen LogP contribution in [-0.2, 0) is 13.1 Å². The minimum atomic E-state index is 0.107. The number of hydrogen-bond donors (Lipinski definition) is 1. The minimum absolute atomic E-state index is 0.107. The Morgan fingerprint density at radius 2 is 2.17 bits per heavy atom. The van der Waals surface area contributed by atoms with Crippen molar-refractivity contribution in [3.05, 3.63) is 35.7 Å². The highest BCUT2D eigenvalue weighted by Crippen LogP contribution is 2.08. The molecule has 0 atom stereocenters. The molecular formula is C13H20N4O. The molecule has 0 amide bonds. The first-order valence-corrected chi connectivity index (χ1v) is 6.12. The summed E-state index contributed by atoms with van der Waals surface area (Å²) in [6.45, 7) is 9.73. The van der Waals surface area contributed by atoms with Crippen LogP contribution in [0.1, 0.15) is 38.2 Å². The van der Waals surface area contributed by atoms with Gasteiger partial charge in [0, 0.05) is 24.0 Å². The van der Waals surface area contributed by atoms with Gasteiger partial charge < -0.3 is 14.4 Å². The van der Waals surface area contributed by atoms with E-state index in [2.05, 4.69) is 46.9 Å². The Hall–Kier alpha value is -1.62. The SMILES string of the molecule is Cc1noc(Cn2cccc2CNC(C)(C)C)n1. The summed E-state index contributed by atoms with van der Waals surface area (Å²) in [7, 11) is 0. The zero-order chi connectivity index (χ0) is 13.2. The number of aromatic nitrogens is 3. The van der Waals surface area contributed by atoms with Gasteiger partial charge in [0.1, 0.15) is 6.54 Å². The van der Waals surface area contributed by atoms with Crippen molar-refractivity contribution < 1.29 is 4.52 Å². The summed E-state index contributed by atoms with van der Waals surface area (Å²) in [5.74, 6) is 1.31. The molecule has 5 nitrogen and oxygen atoms in total. The van der Waals surface area contributed by atoms with Crippen LogP contribution < -0.4 is 5.32 Å². The molecule has 0 aromatic carbocycles. The molecular weight excluding hydrogens is 228 g/mol. The van der Waals surface area contributed by atoms with Gasteiger partial charge in [0.2, 0.25) is 5.89 Å². The number of hydrogen-bond acceptors (Lipinski definition) is 4. The van der Waals surface area contributed by atoms with Crippen LogP contribution in [0.5, 0.6) is 0 Å². The van der Waals surface area contributed by atoms with Gasteiger partial charge in [-0.1, -0.05) is 5.16 Å². The summed E-state index contributed by atoms with van der Waals surface area (Å²) in [5.41, 5.74) is 1.32. The average molecular weight is 248 g/mol. The molecule has 1 N–H and O–H groups in total. The Morgan fingerprint density at radius 1 is 1.39 bits per heavy atom. The Kier molecular flexibility index (Phi) is 3.52. The van der Waals surface area contributed by atoms with E-state index in [0.29, 0.717) is 18.3 Å². The lowest BCUT2D eigenvalue weighted by Crippen LogP contribution is -2.35. The van der Waals surface area contributed by atoms with E-state index >= 15 is 0 Å². The van der Waals surface area contributed by atoms with Gasteiger partial charge in [-0.2, -0.15) is 4.98 Å². The van der Waals surface area contributed by atoms with Gasteiger partial charge in [0.25, 0.3) is 0 Å². The monoisotopic (exact) mass is 248 g/mol. The second-order valence-corrected chi connectivity index (χ2v) is 5.47. The van der Waals surface area contributed by atoms with Crippen molar-refractivity contribution >= 4 is 0 Å². The highest BCUT2D eigenvalue weighted by molar-refractivity contribution is 5.08. The molecule has 0 spiro atoms. The van der Waals surface area contributed by atoms with Crippen LogP contribution in [0, 0.1) is 6.92 Å². The third-order valence-corrected chi connectivity index (χ3v) is 2.60. The van der Waals surface area contributed by atoms with Gasteiger partial charge >= 0.3 is 0 Å². The molecule has 2 aromatic heterocycles. The molecule has 0 unspecified atom stereocenters. The van der Waals surface area contributed by atoms with Crippen LogP contribution in [0.15, 0.2) is 22.9 Å². The number of nitrogens with one attached hydrogen (secondary N) is 1. The maximum absolute atomic E-state index is 5.14. The van der Waals surface area contributed by atoms with E-state index in [4.69, 9.17) is 4.52 Å². The molecule has 18 heavy (non-hydrogen) atoms. The number of nitrogens with zero attached hydrogens (tertiary/aromatic N) is 3. The lowest BCUT2D eigenvalue weighted by atomic mass is 10.1. The largest absolute Gasteiger partial charge is 0.341 e. The van der Waals surface area contributed by atoms with Crippen molar-refractivity contribution in [3.63, 3.8) is 0 Å². The zero-order valence-corrected chi connectivity index (χ0v) is 11.4. The Morgan fingerprint density at radius 3 is 2.78 bits per heavy atom. The first-order chi connectivity index (χ1) is 8.44. The van der Waals surface area contributed by atoms with Crippen LogP contribution in [0.25, 0.3) is 0 Å². The number of aryl methyl sites for hydroxylation is 1. The van der Waals surface area contributed by atoms with E-state index in [1.54, 1.807) is 0 Å². The number of rotatable bonds is 4. The summed E-state index contributed by atoms with van der Waals surface area (Å²) < 4.78 is 7.25. The van der Waals surface area contributed by atoms with E-state index in [1.807, 2.05) is 19.2 Å². The fourth-order valence-electron chi connectivity index (χ4n) is 1.67. The van der Waals surface area contributed by atoms with Gasteiger partial charge in [-0.05, 0) is 39.8 Å². The normalized spacial score (nSPS) is 12.0. The summed E-state index contributed by atoms with van der Waals surface area (Å²) in [6.07, 6.45) is 2.03. The smallest absolute Gasteiger partial charge is 0.246 e. The zero-order valence-electron chi connectivity index (χ0n) is 11.4. The first-order valence-electron chi connectivity index (χ1n) is 6.12. The lowest BCUT2D eigenvalue weighted by Gasteiger charge is -2.21. The molecule has 2 heterocycles. The van der Waals surface area contributed by atoms with E-state index in [1.165, 1.54) is 5.69 Å². The van der Waals surface area contributed by atoms with Crippen LogP contribution >= 0.6 is 0 Å². The molecule has 0 saturated heterocycles. The molecule has 2 aromatic rings. The summed E-state index contributed by atoms with van der Waals surface area (Å²) >= 11 is 0. The molecule has 0 aliphatic heterocycles. The van der Waals surface area contributed by atoms with E-state index < -0.39 is 0 Å². The molecule has 0 fully saturated rings. The second-order valence-electron chi connectivity index (χ2n) is 5.47. The highest BCUT2D eigenvalue weighted by atomic mass is 16.5. The molecule has 5 heteroatoms. The molecule has 0 aliphatic rings. The van der Waals surface area contributed by atoms with Crippen LogP contribution in [-0.4, -0.2) is 20.2 Å². The van der Waals surface area contributed by atoms with Gasteiger partial charge in [-0.3, -0.25) is 0 Å². The van der Waals surface area contributed by atoms with Crippen molar-refractivity contribution in [2.45, 2.75) is 46.3 Å². The standard InChI is InChI=1S/C13H20N4O/c1-10-15-12(18-16-10)9-17-7-5-6-11(17)8-14-13(2,3)4/h5-7,14H,8-9H2,1-4H3. The third kappa shape index (κ3) is 3.43. The topological polar surface area (TPSA) is 55.9 Å². The molecule has 0 saturated carbocycles. The summed E-state index contributed by atoms with van der Waals surface area (Å²) in [6, 6.07) is 4.13. The highest BCUT2D eigenvalue weighted by Gasteiger charge is 2.11. The molecule has 98 valence electrons. The van der Waals surface area contributed by atoms with Crippen molar-refractivity contribution in [2.75, 3.05) is 0 Å². The quantitative estimate of drug-likeness (QED) is 0.900. The molecule has 2 rings (SSSR count). The van der Waals surface area contributed by atoms with Crippen LogP contribution in [0.4, 0.5) is 0 Å². The Labute approximate surface area is 107 Å².